The van der Waals surface area contributed by atoms with Gasteiger partial charge in [0.25, 0.3) is 5.91 Å². The average Bonchev–Trinajstić information content (AvgIpc) is 3.32. The zero-order valence-corrected chi connectivity index (χ0v) is 22.6. The summed E-state index contributed by atoms with van der Waals surface area (Å²) in [6.07, 6.45) is 9.59. The molecule has 2 heterocycles. The van der Waals surface area contributed by atoms with E-state index in [4.69, 9.17) is 15.2 Å². The van der Waals surface area contributed by atoms with Crippen molar-refractivity contribution in [1.29, 1.82) is 0 Å². The summed E-state index contributed by atoms with van der Waals surface area (Å²) in [5.41, 5.74) is 5.03. The molecule has 2 atom stereocenters. The quantitative estimate of drug-likeness (QED) is 0.469. The third kappa shape index (κ3) is 5.12. The first-order valence-electron chi connectivity index (χ1n) is 13.7. The van der Waals surface area contributed by atoms with Crippen LogP contribution in [-0.4, -0.2) is 73.7 Å². The van der Waals surface area contributed by atoms with Crippen LogP contribution in [0.4, 0.5) is 10.6 Å². The van der Waals surface area contributed by atoms with Crippen molar-refractivity contribution in [2.45, 2.75) is 52.0 Å². The van der Waals surface area contributed by atoms with Gasteiger partial charge in [-0.3, -0.25) is 9.59 Å². The molecule has 1 aliphatic heterocycles. The van der Waals surface area contributed by atoms with E-state index in [1.165, 1.54) is 0 Å². The first-order valence-corrected chi connectivity index (χ1v) is 13.7. The number of nitrogens with zero attached hydrogens (tertiary/aromatic N) is 3. The number of anilines is 1. The Labute approximate surface area is 223 Å². The maximum Gasteiger partial charge on any atom is 0.404 e. The number of rotatable bonds is 8. The summed E-state index contributed by atoms with van der Waals surface area (Å²) in [5, 5.41) is 10.6. The SMILES string of the molecule is CNC(=O)C(C)(C)/C=C/n1ncc(C(=O)NC2C3CC4CC2CC(COC(N)=O)(C4)C3)c1N1CCOCC1. The highest BCUT2D eigenvalue weighted by atomic mass is 16.5. The van der Waals surface area contributed by atoms with Crippen molar-refractivity contribution in [3.05, 3.63) is 17.8 Å². The van der Waals surface area contributed by atoms with Gasteiger partial charge in [-0.05, 0) is 63.7 Å². The molecule has 0 radical (unpaired) electrons. The number of carbonyl (C=O) groups excluding carboxylic acids is 3. The van der Waals surface area contributed by atoms with E-state index in [1.807, 2.05) is 13.8 Å². The number of hydrogen-bond acceptors (Lipinski definition) is 7. The van der Waals surface area contributed by atoms with Crippen LogP contribution in [0.15, 0.2) is 12.3 Å². The number of nitrogens with two attached hydrogens (primary N) is 1. The summed E-state index contributed by atoms with van der Waals surface area (Å²) in [6.45, 7) is 6.49. The molecule has 4 N–H and O–H groups in total. The van der Waals surface area contributed by atoms with Gasteiger partial charge in [-0.1, -0.05) is 6.08 Å². The van der Waals surface area contributed by atoms with Crippen LogP contribution in [-0.2, 0) is 14.3 Å². The first kappa shape index (κ1) is 26.5. The first-order chi connectivity index (χ1) is 18.1. The summed E-state index contributed by atoms with van der Waals surface area (Å²) >= 11 is 0. The van der Waals surface area contributed by atoms with E-state index in [9.17, 15) is 14.4 Å². The lowest BCUT2D eigenvalue weighted by molar-refractivity contribution is -0.126. The number of primary amides is 1. The predicted molar refractivity (Wildman–Crippen MR) is 141 cm³/mol. The molecule has 38 heavy (non-hydrogen) atoms. The molecular weight excluding hydrogens is 488 g/mol. The molecule has 4 bridgehead atoms. The number of carbonyl (C=O) groups is 3. The van der Waals surface area contributed by atoms with Crippen molar-refractivity contribution in [3.8, 4) is 0 Å². The number of morpholine rings is 1. The molecule has 11 nitrogen and oxygen atoms in total. The van der Waals surface area contributed by atoms with E-state index in [0.717, 1.165) is 32.1 Å². The standard InChI is InChI=1S/C27H40N6O5/c1-26(2,24(35)29-3)4-5-33-23(32-6-8-37-9-7-32)20(15-30-33)22(34)31-21-18-10-17-11-19(21)14-27(12-17,13-18)16-38-25(28)36/h4-5,15,17-19,21H,6-14,16H2,1-3H3,(H2,28,36)(H,29,35)(H,31,34)/b5-4+. The zero-order valence-electron chi connectivity index (χ0n) is 22.6. The van der Waals surface area contributed by atoms with Gasteiger partial charge in [0.2, 0.25) is 5.91 Å². The van der Waals surface area contributed by atoms with Gasteiger partial charge in [0, 0.05) is 37.8 Å². The average molecular weight is 529 g/mol. The maximum absolute atomic E-state index is 13.8. The van der Waals surface area contributed by atoms with Crippen LogP contribution in [0.3, 0.4) is 0 Å². The van der Waals surface area contributed by atoms with Gasteiger partial charge >= 0.3 is 6.09 Å². The van der Waals surface area contributed by atoms with E-state index in [-0.39, 0.29) is 23.3 Å². The summed E-state index contributed by atoms with van der Waals surface area (Å²) in [4.78, 5) is 39.4. The Hall–Kier alpha value is -3.08. The van der Waals surface area contributed by atoms with E-state index >= 15 is 0 Å². The van der Waals surface area contributed by atoms with Gasteiger partial charge < -0.3 is 30.7 Å². The molecule has 1 aromatic heterocycles. The molecule has 4 saturated carbocycles. The molecule has 0 aromatic carbocycles. The largest absolute Gasteiger partial charge is 0.449 e. The number of ether oxygens (including phenoxy) is 2. The lowest BCUT2D eigenvalue weighted by Gasteiger charge is -2.59. The van der Waals surface area contributed by atoms with Gasteiger partial charge in [0.1, 0.15) is 11.4 Å². The third-order valence-corrected chi connectivity index (χ3v) is 8.99. The van der Waals surface area contributed by atoms with Crippen molar-refractivity contribution in [1.82, 2.24) is 20.4 Å². The van der Waals surface area contributed by atoms with Crippen LogP contribution in [0.5, 0.6) is 0 Å². The Bertz CT molecular complexity index is 1090. The number of nitrogens with one attached hydrogen (secondary N) is 2. The van der Waals surface area contributed by atoms with Crippen LogP contribution in [0.25, 0.3) is 6.20 Å². The van der Waals surface area contributed by atoms with Crippen molar-refractivity contribution < 1.29 is 23.9 Å². The van der Waals surface area contributed by atoms with Crippen LogP contribution in [0, 0.1) is 28.6 Å². The Morgan fingerprint density at radius 1 is 1.21 bits per heavy atom. The van der Waals surface area contributed by atoms with Gasteiger partial charge in [0.15, 0.2) is 0 Å². The van der Waals surface area contributed by atoms with E-state index in [0.29, 0.717) is 62.0 Å². The maximum atomic E-state index is 13.8. The molecule has 1 aromatic rings. The molecule has 208 valence electrons. The van der Waals surface area contributed by atoms with E-state index in [1.54, 1.807) is 30.2 Å². The van der Waals surface area contributed by atoms with E-state index < -0.39 is 11.5 Å². The summed E-state index contributed by atoms with van der Waals surface area (Å²) in [7, 11) is 1.62. The second-order valence-electron chi connectivity index (χ2n) is 12.1. The second-order valence-corrected chi connectivity index (χ2v) is 12.1. The molecule has 6 rings (SSSR count). The molecular formula is C27H40N6O5. The Morgan fingerprint density at radius 3 is 2.53 bits per heavy atom. The summed E-state index contributed by atoms with van der Waals surface area (Å²) in [6, 6.07) is 0.0874. The van der Waals surface area contributed by atoms with E-state index in [2.05, 4.69) is 20.6 Å². The van der Waals surface area contributed by atoms with Crippen LogP contribution < -0.4 is 21.3 Å². The molecule has 2 unspecified atom stereocenters. The molecule has 1 saturated heterocycles. The normalized spacial score (nSPS) is 30.4. The predicted octanol–water partition coefficient (Wildman–Crippen LogP) is 1.98. The zero-order chi connectivity index (χ0) is 27.1. The van der Waals surface area contributed by atoms with Crippen molar-refractivity contribution >= 4 is 29.9 Å². The molecule has 3 amide bonds. The highest BCUT2D eigenvalue weighted by Crippen LogP contribution is 2.60. The summed E-state index contributed by atoms with van der Waals surface area (Å²) < 4.78 is 12.5. The topological polar surface area (TPSA) is 141 Å². The fourth-order valence-electron chi connectivity index (χ4n) is 7.43. The molecule has 4 aliphatic carbocycles. The van der Waals surface area contributed by atoms with Gasteiger partial charge in [-0.2, -0.15) is 5.10 Å². The van der Waals surface area contributed by atoms with Crippen LogP contribution in [0.1, 0.15) is 56.3 Å². The third-order valence-electron chi connectivity index (χ3n) is 8.99. The van der Waals surface area contributed by atoms with Crippen molar-refractivity contribution in [2.24, 2.45) is 34.3 Å². The number of amides is 3. The fourth-order valence-corrected chi connectivity index (χ4v) is 7.43. The molecule has 5 fully saturated rings. The highest BCUT2D eigenvalue weighted by molar-refractivity contribution is 5.99. The van der Waals surface area contributed by atoms with Crippen molar-refractivity contribution in [3.63, 3.8) is 0 Å². The van der Waals surface area contributed by atoms with Crippen LogP contribution in [0.2, 0.25) is 0 Å². The van der Waals surface area contributed by atoms with Gasteiger partial charge in [-0.25, -0.2) is 9.48 Å². The smallest absolute Gasteiger partial charge is 0.404 e. The summed E-state index contributed by atoms with van der Waals surface area (Å²) in [5.74, 6) is 1.81. The lowest BCUT2D eigenvalue weighted by atomic mass is 9.48. The lowest BCUT2D eigenvalue weighted by Crippen LogP contribution is -2.60. The molecule has 5 aliphatic rings. The number of aromatic nitrogens is 2. The Kier molecular flexibility index (Phi) is 7.15. The monoisotopic (exact) mass is 528 g/mol. The minimum Gasteiger partial charge on any atom is -0.449 e. The van der Waals surface area contributed by atoms with Gasteiger partial charge in [0.05, 0.1) is 31.4 Å². The Balaban J connectivity index is 1.36. The van der Waals surface area contributed by atoms with Crippen LogP contribution >= 0.6 is 0 Å². The number of hydrogen-bond donors (Lipinski definition) is 3. The molecule has 11 heteroatoms. The van der Waals surface area contributed by atoms with Crippen molar-refractivity contribution in [2.75, 3.05) is 44.9 Å². The molecule has 0 spiro atoms. The Morgan fingerprint density at radius 2 is 1.89 bits per heavy atom. The minimum atomic E-state index is -0.736. The second kappa shape index (κ2) is 10.2. The minimum absolute atomic E-state index is 0.0149. The van der Waals surface area contributed by atoms with Gasteiger partial charge in [-0.15, -0.1) is 0 Å². The highest BCUT2D eigenvalue weighted by Gasteiger charge is 2.56. The fraction of sp³-hybridized carbons (Fsp3) is 0.704.